The number of para-hydroxylation sites is 1. The molecule has 1 N–H and O–H groups in total. The topological polar surface area (TPSA) is 73.6 Å². The molecule has 0 aromatic heterocycles. The van der Waals surface area contributed by atoms with Crippen LogP contribution in [-0.2, 0) is 4.79 Å². The van der Waals surface area contributed by atoms with Gasteiger partial charge in [-0.15, -0.1) is 0 Å². The van der Waals surface area contributed by atoms with Crippen molar-refractivity contribution in [2.24, 2.45) is 0 Å². The van der Waals surface area contributed by atoms with Crippen LogP contribution < -0.4 is 4.74 Å². The van der Waals surface area contributed by atoms with Crippen molar-refractivity contribution >= 4 is 5.91 Å². The van der Waals surface area contributed by atoms with Gasteiger partial charge in [-0.2, -0.15) is 5.26 Å². The van der Waals surface area contributed by atoms with E-state index in [0.717, 1.165) is 0 Å². The maximum atomic E-state index is 11.8. The van der Waals surface area contributed by atoms with E-state index in [1.165, 1.54) is 0 Å². The van der Waals surface area contributed by atoms with E-state index in [2.05, 4.69) is 0 Å². The fourth-order valence-corrected chi connectivity index (χ4v) is 1.88. The number of hydrogen-bond acceptors (Lipinski definition) is 4. The van der Waals surface area contributed by atoms with E-state index < -0.39 is 6.10 Å². The van der Waals surface area contributed by atoms with E-state index in [1.807, 2.05) is 6.07 Å². The molecule has 0 bridgehead atoms. The number of carbonyl (C=O) groups is 1. The van der Waals surface area contributed by atoms with E-state index in [1.54, 1.807) is 29.2 Å². The molecule has 5 nitrogen and oxygen atoms in total. The van der Waals surface area contributed by atoms with Crippen LogP contribution in [0.4, 0.5) is 0 Å². The standard InChI is InChI=1S/C13H14N2O3/c14-7-10-3-1-2-4-12(10)18-9-13(17)15-6-5-11(16)8-15/h1-4,11,16H,5-6,8-9H2/t11-/m0/s1. The third-order valence-electron chi connectivity index (χ3n) is 2.87. The van der Waals surface area contributed by atoms with Crippen LogP contribution in [0.1, 0.15) is 12.0 Å². The molecule has 1 aromatic carbocycles. The highest BCUT2D eigenvalue weighted by Crippen LogP contribution is 2.17. The minimum atomic E-state index is -0.430. The number of nitriles is 1. The Kier molecular flexibility index (Phi) is 3.80. The van der Waals surface area contributed by atoms with Gasteiger partial charge in [-0.1, -0.05) is 12.1 Å². The number of aliphatic hydroxyl groups is 1. The third kappa shape index (κ3) is 2.79. The first-order valence-electron chi connectivity index (χ1n) is 5.78. The van der Waals surface area contributed by atoms with Gasteiger partial charge in [0.05, 0.1) is 11.7 Å². The molecule has 1 aromatic rings. The first-order chi connectivity index (χ1) is 8.70. The highest BCUT2D eigenvalue weighted by atomic mass is 16.5. The number of hydrogen-bond donors (Lipinski definition) is 1. The van der Waals surface area contributed by atoms with Crippen molar-refractivity contribution in [1.29, 1.82) is 5.26 Å². The molecule has 1 aliphatic rings. The van der Waals surface area contributed by atoms with Gasteiger partial charge >= 0.3 is 0 Å². The number of benzene rings is 1. The normalized spacial score (nSPS) is 18.4. The van der Waals surface area contributed by atoms with Gasteiger partial charge in [0.15, 0.2) is 6.61 Å². The van der Waals surface area contributed by atoms with Crippen LogP contribution in [0.5, 0.6) is 5.75 Å². The fourth-order valence-electron chi connectivity index (χ4n) is 1.88. The molecule has 0 unspecified atom stereocenters. The highest BCUT2D eigenvalue weighted by Gasteiger charge is 2.24. The first-order valence-corrected chi connectivity index (χ1v) is 5.78. The van der Waals surface area contributed by atoms with E-state index in [0.29, 0.717) is 30.8 Å². The highest BCUT2D eigenvalue weighted by molar-refractivity contribution is 5.78. The molecule has 1 atom stereocenters. The molecular formula is C13H14N2O3. The number of rotatable bonds is 3. The Morgan fingerprint density at radius 1 is 1.56 bits per heavy atom. The zero-order valence-corrected chi connectivity index (χ0v) is 9.87. The zero-order valence-electron chi connectivity index (χ0n) is 9.87. The lowest BCUT2D eigenvalue weighted by molar-refractivity contribution is -0.132. The maximum absolute atomic E-state index is 11.8. The molecule has 0 saturated carbocycles. The molecule has 94 valence electrons. The first kappa shape index (κ1) is 12.4. The van der Waals surface area contributed by atoms with Crippen molar-refractivity contribution in [2.75, 3.05) is 19.7 Å². The summed E-state index contributed by atoms with van der Waals surface area (Å²) < 4.78 is 5.34. The van der Waals surface area contributed by atoms with Gasteiger partial charge < -0.3 is 14.7 Å². The molecule has 5 heteroatoms. The Morgan fingerprint density at radius 2 is 2.33 bits per heavy atom. The van der Waals surface area contributed by atoms with Gasteiger partial charge in [-0.25, -0.2) is 0 Å². The summed E-state index contributed by atoms with van der Waals surface area (Å²) in [5, 5.41) is 18.2. The lowest BCUT2D eigenvalue weighted by atomic mass is 10.2. The molecule has 1 amide bonds. The zero-order chi connectivity index (χ0) is 13.0. The summed E-state index contributed by atoms with van der Waals surface area (Å²) >= 11 is 0. The van der Waals surface area contributed by atoms with Crippen LogP contribution in [0.25, 0.3) is 0 Å². The maximum Gasteiger partial charge on any atom is 0.260 e. The summed E-state index contributed by atoms with van der Waals surface area (Å²) in [6.07, 6.45) is 0.181. The van der Waals surface area contributed by atoms with Crippen molar-refractivity contribution in [2.45, 2.75) is 12.5 Å². The molecule has 0 spiro atoms. The molecule has 1 fully saturated rings. The second-order valence-corrected chi connectivity index (χ2v) is 4.18. The number of nitrogens with zero attached hydrogens (tertiary/aromatic N) is 2. The van der Waals surface area contributed by atoms with Gasteiger partial charge in [-0.3, -0.25) is 4.79 Å². The van der Waals surface area contributed by atoms with Crippen LogP contribution >= 0.6 is 0 Å². The quantitative estimate of drug-likeness (QED) is 0.844. The lowest BCUT2D eigenvalue weighted by Gasteiger charge is -2.16. The summed E-state index contributed by atoms with van der Waals surface area (Å²) in [5.41, 5.74) is 0.409. The number of aliphatic hydroxyl groups excluding tert-OH is 1. The molecule has 1 heterocycles. The average molecular weight is 246 g/mol. The fraction of sp³-hybridized carbons (Fsp3) is 0.385. The lowest BCUT2D eigenvalue weighted by Crippen LogP contribution is -2.33. The number of likely N-dealkylation sites (tertiary alicyclic amines) is 1. The van der Waals surface area contributed by atoms with Crippen LogP contribution in [0.15, 0.2) is 24.3 Å². The van der Waals surface area contributed by atoms with E-state index >= 15 is 0 Å². The Labute approximate surface area is 105 Å². The monoisotopic (exact) mass is 246 g/mol. The summed E-state index contributed by atoms with van der Waals surface area (Å²) in [5.74, 6) is 0.243. The number of carbonyl (C=O) groups excluding carboxylic acids is 1. The van der Waals surface area contributed by atoms with Gasteiger partial charge in [0.25, 0.3) is 5.91 Å². The smallest absolute Gasteiger partial charge is 0.260 e. The second kappa shape index (κ2) is 5.52. The number of ether oxygens (including phenoxy) is 1. The summed E-state index contributed by atoms with van der Waals surface area (Å²) in [7, 11) is 0. The molecule has 1 aliphatic heterocycles. The molecular weight excluding hydrogens is 232 g/mol. The van der Waals surface area contributed by atoms with Crippen molar-refractivity contribution < 1.29 is 14.6 Å². The predicted molar refractivity (Wildman–Crippen MR) is 63.9 cm³/mol. The molecule has 1 saturated heterocycles. The molecule has 0 radical (unpaired) electrons. The average Bonchev–Trinajstić information content (AvgIpc) is 2.83. The largest absolute Gasteiger partial charge is 0.482 e. The van der Waals surface area contributed by atoms with Gasteiger partial charge in [-0.05, 0) is 18.6 Å². The van der Waals surface area contributed by atoms with Gasteiger partial charge in [0, 0.05) is 13.1 Å². The minimum Gasteiger partial charge on any atom is -0.482 e. The molecule has 2 rings (SSSR count). The predicted octanol–water partition coefficient (Wildman–Crippen LogP) is 0.530. The summed E-state index contributed by atoms with van der Waals surface area (Å²) in [4.78, 5) is 13.3. The van der Waals surface area contributed by atoms with Crippen LogP contribution in [-0.4, -0.2) is 41.7 Å². The van der Waals surface area contributed by atoms with Crippen molar-refractivity contribution in [3.63, 3.8) is 0 Å². The Morgan fingerprint density at radius 3 is 3.00 bits per heavy atom. The second-order valence-electron chi connectivity index (χ2n) is 4.18. The Bertz CT molecular complexity index is 481. The van der Waals surface area contributed by atoms with Crippen LogP contribution in [0.2, 0.25) is 0 Å². The van der Waals surface area contributed by atoms with Crippen molar-refractivity contribution in [3.05, 3.63) is 29.8 Å². The van der Waals surface area contributed by atoms with Gasteiger partial charge in [0.1, 0.15) is 11.8 Å². The molecule has 18 heavy (non-hydrogen) atoms. The van der Waals surface area contributed by atoms with E-state index in [9.17, 15) is 9.90 Å². The SMILES string of the molecule is N#Cc1ccccc1OCC(=O)N1CC[C@H](O)C1. The Balaban J connectivity index is 1.92. The minimum absolute atomic E-state index is 0.106. The number of β-amino-alcohol motifs (C(OH)–C–C–N with tert-alkyl or cyclic N) is 1. The van der Waals surface area contributed by atoms with E-state index in [4.69, 9.17) is 10.00 Å². The Hall–Kier alpha value is -2.06. The van der Waals surface area contributed by atoms with Crippen LogP contribution in [0, 0.1) is 11.3 Å². The molecule has 0 aliphatic carbocycles. The number of amides is 1. The third-order valence-corrected chi connectivity index (χ3v) is 2.87. The summed E-state index contributed by atoms with van der Waals surface area (Å²) in [6.45, 7) is 0.816. The van der Waals surface area contributed by atoms with Crippen molar-refractivity contribution in [1.82, 2.24) is 4.90 Å². The van der Waals surface area contributed by atoms with Gasteiger partial charge in [0.2, 0.25) is 0 Å². The summed E-state index contributed by atoms with van der Waals surface area (Å²) in [6, 6.07) is 8.79. The van der Waals surface area contributed by atoms with E-state index in [-0.39, 0.29) is 12.5 Å². The van der Waals surface area contributed by atoms with Crippen molar-refractivity contribution in [3.8, 4) is 11.8 Å². The van der Waals surface area contributed by atoms with Crippen LogP contribution in [0.3, 0.4) is 0 Å².